The van der Waals surface area contributed by atoms with Gasteiger partial charge >= 0.3 is 0 Å². The topological polar surface area (TPSA) is 59.0 Å². The zero-order valence-electron chi connectivity index (χ0n) is 16.1. The molecule has 4 heterocycles. The monoisotopic (exact) mass is 454 g/mol. The summed E-state index contributed by atoms with van der Waals surface area (Å²) in [6, 6.07) is 9.74. The van der Waals surface area contributed by atoms with Gasteiger partial charge < -0.3 is 4.90 Å². The molecular formula is C22H19ClN4OS2. The molecule has 30 heavy (non-hydrogen) atoms. The van der Waals surface area contributed by atoms with E-state index in [1.165, 1.54) is 4.70 Å². The Kier molecular flexibility index (Phi) is 5.50. The summed E-state index contributed by atoms with van der Waals surface area (Å²) in [6.07, 6.45) is 5.77. The van der Waals surface area contributed by atoms with Crippen molar-refractivity contribution < 1.29 is 4.79 Å². The Hall–Kier alpha value is -2.35. The maximum absolute atomic E-state index is 12.8. The summed E-state index contributed by atoms with van der Waals surface area (Å²) in [5.74, 6) is 0.550. The number of carbonyl (C=O) groups is 1. The maximum atomic E-state index is 12.8. The summed E-state index contributed by atoms with van der Waals surface area (Å²) in [6.45, 7) is 1.53. The number of fused-ring (bicyclic) bond motifs is 1. The number of piperidine rings is 1. The molecule has 0 N–H and O–H groups in total. The molecule has 8 heteroatoms. The Bertz CT molecular complexity index is 1180. The summed E-state index contributed by atoms with van der Waals surface area (Å²) >= 11 is 9.38. The van der Waals surface area contributed by atoms with Gasteiger partial charge in [-0.2, -0.15) is 0 Å². The average Bonchev–Trinajstić information content (AvgIpc) is 3.41. The van der Waals surface area contributed by atoms with E-state index in [0.717, 1.165) is 52.7 Å². The molecule has 1 fully saturated rings. The molecule has 1 saturated heterocycles. The van der Waals surface area contributed by atoms with Crippen molar-refractivity contribution in [2.24, 2.45) is 0 Å². The SMILES string of the molecule is O=C(Cc1csc(-c2cccnc2)n1)N1CCC(c2nc3cc(Cl)ccc3s2)CC1. The molecular weight excluding hydrogens is 436 g/mol. The van der Waals surface area contributed by atoms with E-state index in [1.54, 1.807) is 35.1 Å². The van der Waals surface area contributed by atoms with E-state index in [1.807, 2.05) is 40.6 Å². The van der Waals surface area contributed by atoms with E-state index in [9.17, 15) is 4.79 Å². The Morgan fingerprint density at radius 2 is 2.07 bits per heavy atom. The van der Waals surface area contributed by atoms with Crippen LogP contribution in [0.4, 0.5) is 0 Å². The van der Waals surface area contributed by atoms with Crippen LogP contribution in [0.15, 0.2) is 48.1 Å². The molecule has 152 valence electrons. The molecule has 4 aromatic rings. The van der Waals surface area contributed by atoms with Crippen molar-refractivity contribution in [3.63, 3.8) is 0 Å². The number of halogens is 1. The second-order valence-corrected chi connectivity index (χ2v) is 9.74. The lowest BCUT2D eigenvalue weighted by atomic mass is 9.97. The number of hydrogen-bond acceptors (Lipinski definition) is 6. The normalized spacial score (nSPS) is 15.0. The lowest BCUT2D eigenvalue weighted by Crippen LogP contribution is -2.38. The lowest BCUT2D eigenvalue weighted by Gasteiger charge is -2.31. The van der Waals surface area contributed by atoms with E-state index in [2.05, 4.69) is 9.97 Å². The van der Waals surface area contributed by atoms with Crippen molar-refractivity contribution in [1.82, 2.24) is 19.9 Å². The second kappa shape index (κ2) is 8.41. The average molecular weight is 455 g/mol. The molecule has 1 aliphatic rings. The van der Waals surface area contributed by atoms with Crippen molar-refractivity contribution in [1.29, 1.82) is 0 Å². The highest BCUT2D eigenvalue weighted by atomic mass is 35.5. The van der Waals surface area contributed by atoms with Gasteiger partial charge in [0.05, 0.1) is 27.3 Å². The Labute approximate surface area is 187 Å². The molecule has 1 aromatic carbocycles. The maximum Gasteiger partial charge on any atom is 0.228 e. The number of carbonyl (C=O) groups excluding carboxylic acids is 1. The van der Waals surface area contributed by atoms with E-state index in [-0.39, 0.29) is 5.91 Å². The zero-order chi connectivity index (χ0) is 20.5. The van der Waals surface area contributed by atoms with Gasteiger partial charge in [-0.1, -0.05) is 11.6 Å². The molecule has 0 spiro atoms. The van der Waals surface area contributed by atoms with Gasteiger partial charge in [-0.05, 0) is 43.2 Å². The third kappa shape index (κ3) is 4.10. The Balaban J connectivity index is 1.20. The van der Waals surface area contributed by atoms with E-state index in [0.29, 0.717) is 17.4 Å². The first-order valence-electron chi connectivity index (χ1n) is 9.84. The number of hydrogen-bond donors (Lipinski definition) is 0. The first-order chi connectivity index (χ1) is 14.7. The Morgan fingerprint density at radius 1 is 1.20 bits per heavy atom. The number of aromatic nitrogens is 3. The van der Waals surface area contributed by atoms with Crippen LogP contribution in [0.3, 0.4) is 0 Å². The van der Waals surface area contributed by atoms with Gasteiger partial charge in [0.15, 0.2) is 0 Å². The van der Waals surface area contributed by atoms with Crippen molar-refractivity contribution in [2.45, 2.75) is 25.2 Å². The van der Waals surface area contributed by atoms with Crippen molar-refractivity contribution in [2.75, 3.05) is 13.1 Å². The van der Waals surface area contributed by atoms with Crippen LogP contribution in [0.5, 0.6) is 0 Å². The van der Waals surface area contributed by atoms with E-state index < -0.39 is 0 Å². The van der Waals surface area contributed by atoms with Crippen LogP contribution in [-0.2, 0) is 11.2 Å². The molecule has 1 aliphatic heterocycles. The number of pyridine rings is 1. The molecule has 0 saturated carbocycles. The van der Waals surface area contributed by atoms with Gasteiger partial charge in [0.1, 0.15) is 5.01 Å². The first-order valence-corrected chi connectivity index (χ1v) is 11.9. The largest absolute Gasteiger partial charge is 0.342 e. The lowest BCUT2D eigenvalue weighted by molar-refractivity contribution is -0.131. The predicted octanol–water partition coefficient (Wildman–Crippen LogP) is 5.42. The summed E-state index contributed by atoms with van der Waals surface area (Å²) in [5.41, 5.74) is 2.78. The standard InChI is InChI=1S/C22H19ClN4OS2/c23-16-3-4-19-18(10-16)26-22(30-19)14-5-8-27(9-6-14)20(28)11-17-13-29-21(25-17)15-2-1-7-24-12-15/h1-4,7,10,12-14H,5-6,8-9,11H2. The fourth-order valence-electron chi connectivity index (χ4n) is 3.75. The van der Waals surface area contributed by atoms with Gasteiger partial charge in [-0.25, -0.2) is 9.97 Å². The van der Waals surface area contributed by atoms with Gasteiger partial charge in [-0.3, -0.25) is 9.78 Å². The highest BCUT2D eigenvalue weighted by Gasteiger charge is 2.26. The van der Waals surface area contributed by atoms with Gasteiger partial charge in [-0.15, -0.1) is 22.7 Å². The third-order valence-electron chi connectivity index (χ3n) is 5.36. The van der Waals surface area contributed by atoms with Crippen LogP contribution in [0.25, 0.3) is 20.8 Å². The zero-order valence-corrected chi connectivity index (χ0v) is 18.5. The third-order valence-corrected chi connectivity index (χ3v) is 7.73. The van der Waals surface area contributed by atoms with E-state index >= 15 is 0 Å². The van der Waals surface area contributed by atoms with Gasteiger partial charge in [0.2, 0.25) is 5.91 Å². The predicted molar refractivity (Wildman–Crippen MR) is 122 cm³/mol. The summed E-state index contributed by atoms with van der Waals surface area (Å²) < 4.78 is 1.17. The molecule has 0 unspecified atom stereocenters. The number of rotatable bonds is 4. The molecule has 3 aromatic heterocycles. The minimum Gasteiger partial charge on any atom is -0.342 e. The number of likely N-dealkylation sites (tertiary alicyclic amines) is 1. The minimum atomic E-state index is 0.146. The highest BCUT2D eigenvalue weighted by Crippen LogP contribution is 2.35. The molecule has 0 radical (unpaired) electrons. The van der Waals surface area contributed by atoms with Gasteiger partial charge in [0, 0.05) is 47.4 Å². The van der Waals surface area contributed by atoms with Crippen LogP contribution in [0.1, 0.15) is 29.5 Å². The van der Waals surface area contributed by atoms with Crippen LogP contribution >= 0.6 is 34.3 Å². The number of nitrogens with zero attached hydrogens (tertiary/aromatic N) is 4. The van der Waals surface area contributed by atoms with E-state index in [4.69, 9.17) is 16.6 Å². The number of benzene rings is 1. The second-order valence-electron chi connectivity index (χ2n) is 7.38. The quantitative estimate of drug-likeness (QED) is 0.413. The van der Waals surface area contributed by atoms with Crippen molar-refractivity contribution in [3.8, 4) is 10.6 Å². The Morgan fingerprint density at radius 3 is 2.87 bits per heavy atom. The molecule has 0 bridgehead atoms. The van der Waals surface area contributed by atoms with Crippen molar-refractivity contribution in [3.05, 3.63) is 63.8 Å². The fourth-order valence-corrected chi connectivity index (χ4v) is 5.84. The van der Waals surface area contributed by atoms with Crippen molar-refractivity contribution >= 4 is 50.4 Å². The molecule has 1 amide bonds. The van der Waals surface area contributed by atoms with Crippen LogP contribution in [0, 0.1) is 0 Å². The summed E-state index contributed by atoms with van der Waals surface area (Å²) in [7, 11) is 0. The first kappa shape index (κ1) is 19.6. The summed E-state index contributed by atoms with van der Waals surface area (Å²) in [4.78, 5) is 28.3. The van der Waals surface area contributed by atoms with Crippen LogP contribution in [0.2, 0.25) is 5.02 Å². The van der Waals surface area contributed by atoms with Crippen LogP contribution < -0.4 is 0 Å². The molecule has 5 nitrogen and oxygen atoms in total. The smallest absolute Gasteiger partial charge is 0.228 e. The highest BCUT2D eigenvalue weighted by molar-refractivity contribution is 7.18. The fraction of sp³-hybridized carbons (Fsp3) is 0.273. The van der Waals surface area contributed by atoms with Gasteiger partial charge in [0.25, 0.3) is 0 Å². The minimum absolute atomic E-state index is 0.146. The molecule has 0 atom stereocenters. The van der Waals surface area contributed by atoms with Crippen LogP contribution in [-0.4, -0.2) is 38.8 Å². The molecule has 0 aliphatic carbocycles. The number of amides is 1. The summed E-state index contributed by atoms with van der Waals surface area (Å²) in [5, 5.41) is 4.74. The number of thiazole rings is 2. The molecule has 5 rings (SSSR count).